The van der Waals surface area contributed by atoms with Gasteiger partial charge in [-0.05, 0) is 47.9 Å². The summed E-state index contributed by atoms with van der Waals surface area (Å²) in [4.78, 5) is 12.6. The maximum absolute atomic E-state index is 12.6. The van der Waals surface area contributed by atoms with Crippen LogP contribution in [0, 0.1) is 0 Å². The number of ether oxygens (including phenoxy) is 2. The van der Waals surface area contributed by atoms with Gasteiger partial charge in [0.05, 0.1) is 19.8 Å². The summed E-state index contributed by atoms with van der Waals surface area (Å²) in [5.41, 5.74) is 1.64. The van der Waals surface area contributed by atoms with E-state index in [9.17, 15) is 25.2 Å². The van der Waals surface area contributed by atoms with Crippen molar-refractivity contribution in [3.63, 3.8) is 0 Å². The molecule has 8 nitrogen and oxygen atoms in total. The van der Waals surface area contributed by atoms with E-state index in [1.54, 1.807) is 0 Å². The van der Waals surface area contributed by atoms with Gasteiger partial charge in [0.2, 0.25) is 0 Å². The number of hydrogen-bond donors (Lipinski definition) is 5. The molecule has 33 heavy (non-hydrogen) atoms. The molecule has 5 atom stereocenters. The molecule has 5 N–H and O–H groups in total. The summed E-state index contributed by atoms with van der Waals surface area (Å²) in [5, 5.41) is 48.6. The van der Waals surface area contributed by atoms with Crippen LogP contribution in [0.5, 0.6) is 5.75 Å². The average molecular weight is 483 g/mol. The Kier molecular flexibility index (Phi) is 10.2. The normalized spacial score (nSPS) is 19.3. The van der Waals surface area contributed by atoms with Gasteiger partial charge in [0.1, 0.15) is 36.3 Å². The highest BCUT2D eigenvalue weighted by molar-refractivity contribution is 6.31. The molecule has 1 fully saturated rings. The largest absolute Gasteiger partial charge is 0.488 e. The molecule has 0 aliphatic carbocycles. The average Bonchev–Trinajstić information content (AvgIpc) is 3.32. The van der Waals surface area contributed by atoms with Gasteiger partial charge in [-0.25, -0.2) is 0 Å². The van der Waals surface area contributed by atoms with Gasteiger partial charge >= 0.3 is 0 Å². The standard InChI is InChI=1S/C23H27ClO8.CH4/c24-18-6-3-14(20(27)22(29)23(30)21(28)19(26)11-25)10-15(18)9-13-1-4-16(5-2-13)32-17-7-8-31-12-17;/h1-6,10,17,19,21-23,25-26,28-30H,7-9,11-12H2;1H4/t17-,19?,21?,22?,23?;/m0./s1. The molecule has 1 saturated heterocycles. The molecule has 0 saturated carbocycles. The highest BCUT2D eigenvalue weighted by Gasteiger charge is 2.34. The van der Waals surface area contributed by atoms with Crippen molar-refractivity contribution < 1.29 is 39.8 Å². The van der Waals surface area contributed by atoms with Gasteiger partial charge in [-0.2, -0.15) is 0 Å². The van der Waals surface area contributed by atoms with Crippen LogP contribution >= 0.6 is 11.6 Å². The molecule has 1 aliphatic heterocycles. The van der Waals surface area contributed by atoms with Crippen LogP contribution in [0.3, 0.4) is 0 Å². The molecule has 4 unspecified atom stereocenters. The van der Waals surface area contributed by atoms with Crippen molar-refractivity contribution in [1.29, 1.82) is 0 Å². The topological polar surface area (TPSA) is 137 Å². The molecule has 1 heterocycles. The third-order valence-corrected chi connectivity index (χ3v) is 5.73. The fourth-order valence-electron chi connectivity index (χ4n) is 3.42. The van der Waals surface area contributed by atoms with Gasteiger partial charge in [-0.1, -0.05) is 31.2 Å². The van der Waals surface area contributed by atoms with Gasteiger partial charge in [-0.3, -0.25) is 4.79 Å². The van der Waals surface area contributed by atoms with E-state index >= 15 is 0 Å². The van der Waals surface area contributed by atoms with E-state index < -0.39 is 36.8 Å². The van der Waals surface area contributed by atoms with E-state index in [0.29, 0.717) is 30.2 Å². The Balaban J connectivity index is 0.00000385. The molecule has 182 valence electrons. The number of carbonyl (C=O) groups excluding carboxylic acids is 1. The molecule has 3 rings (SSSR count). The van der Waals surface area contributed by atoms with E-state index in [2.05, 4.69) is 0 Å². The maximum atomic E-state index is 12.6. The molecule has 0 amide bonds. The first-order valence-electron chi connectivity index (χ1n) is 10.3. The van der Waals surface area contributed by atoms with Crippen LogP contribution in [0.2, 0.25) is 5.02 Å². The summed E-state index contributed by atoms with van der Waals surface area (Å²) >= 11 is 6.29. The third kappa shape index (κ3) is 6.97. The minimum atomic E-state index is -1.99. The number of carbonyl (C=O) groups is 1. The molecule has 9 heteroatoms. The van der Waals surface area contributed by atoms with Crippen LogP contribution in [0.1, 0.15) is 35.3 Å². The molecule has 0 bridgehead atoms. The van der Waals surface area contributed by atoms with Gasteiger partial charge in [-0.15, -0.1) is 0 Å². The lowest BCUT2D eigenvalue weighted by atomic mass is 9.94. The second-order valence-electron chi connectivity index (χ2n) is 7.77. The van der Waals surface area contributed by atoms with Gasteiger partial charge in [0.25, 0.3) is 0 Å². The van der Waals surface area contributed by atoms with Crippen LogP contribution < -0.4 is 4.74 Å². The van der Waals surface area contributed by atoms with Crippen molar-refractivity contribution in [1.82, 2.24) is 0 Å². The summed E-state index contributed by atoms with van der Waals surface area (Å²) in [6, 6.07) is 11.9. The second-order valence-corrected chi connectivity index (χ2v) is 8.18. The first-order chi connectivity index (χ1) is 15.3. The fraction of sp³-hybridized carbons (Fsp3) is 0.458. The Hall–Kier alpha value is -2.04. The van der Waals surface area contributed by atoms with Crippen molar-refractivity contribution in [2.75, 3.05) is 19.8 Å². The first kappa shape index (κ1) is 27.2. The Morgan fingerprint density at radius 2 is 1.79 bits per heavy atom. The molecule has 2 aromatic carbocycles. The maximum Gasteiger partial charge on any atom is 0.194 e. The number of aliphatic hydroxyl groups excluding tert-OH is 5. The fourth-order valence-corrected chi connectivity index (χ4v) is 3.60. The van der Waals surface area contributed by atoms with Crippen LogP contribution in [0.25, 0.3) is 0 Å². The lowest BCUT2D eigenvalue weighted by molar-refractivity contribution is -0.105. The summed E-state index contributed by atoms with van der Waals surface area (Å²) < 4.78 is 11.1. The predicted molar refractivity (Wildman–Crippen MR) is 123 cm³/mol. The summed E-state index contributed by atoms with van der Waals surface area (Å²) in [7, 11) is 0. The van der Waals surface area contributed by atoms with Crippen molar-refractivity contribution in [3.05, 3.63) is 64.2 Å². The SMILES string of the molecule is C.O=C(c1ccc(Cl)c(Cc2ccc(O[C@H]3CCOC3)cc2)c1)C(O)C(O)C(O)C(O)CO. The Bertz CT molecular complexity index is 898. The third-order valence-electron chi connectivity index (χ3n) is 5.36. The number of halogens is 1. The summed E-state index contributed by atoms with van der Waals surface area (Å²) in [6.07, 6.45) is -6.22. The molecule has 2 aromatic rings. The summed E-state index contributed by atoms with van der Waals surface area (Å²) in [5.74, 6) is -0.109. The predicted octanol–water partition coefficient (Wildman–Crippen LogP) is 1.35. The summed E-state index contributed by atoms with van der Waals surface area (Å²) in [6.45, 7) is 0.445. The lowest BCUT2D eigenvalue weighted by Gasteiger charge is -2.25. The quantitative estimate of drug-likeness (QED) is 0.320. The first-order valence-corrected chi connectivity index (χ1v) is 10.7. The number of aliphatic hydroxyl groups is 5. The minimum absolute atomic E-state index is 0. The molecular weight excluding hydrogens is 452 g/mol. The number of Topliss-reactive ketones (excluding diaryl/α,β-unsaturated/α-hetero) is 1. The zero-order chi connectivity index (χ0) is 23.3. The minimum Gasteiger partial charge on any atom is -0.488 e. The smallest absolute Gasteiger partial charge is 0.194 e. The van der Waals surface area contributed by atoms with Gasteiger partial charge < -0.3 is 35.0 Å². The van der Waals surface area contributed by atoms with Crippen molar-refractivity contribution in [2.45, 2.75) is 50.8 Å². The highest BCUT2D eigenvalue weighted by Crippen LogP contribution is 2.24. The Morgan fingerprint density at radius 1 is 1.09 bits per heavy atom. The number of benzene rings is 2. The van der Waals surface area contributed by atoms with Crippen LogP contribution in [0.15, 0.2) is 42.5 Å². The molecule has 1 aliphatic rings. The van der Waals surface area contributed by atoms with E-state index in [-0.39, 0.29) is 19.1 Å². The van der Waals surface area contributed by atoms with Gasteiger partial charge in [0.15, 0.2) is 5.78 Å². The number of rotatable bonds is 10. The Morgan fingerprint density at radius 3 is 2.39 bits per heavy atom. The van der Waals surface area contributed by atoms with Crippen molar-refractivity contribution in [3.8, 4) is 5.75 Å². The van der Waals surface area contributed by atoms with E-state index in [1.165, 1.54) is 18.2 Å². The zero-order valence-corrected chi connectivity index (χ0v) is 18.1. The van der Waals surface area contributed by atoms with E-state index in [1.807, 2.05) is 24.3 Å². The van der Waals surface area contributed by atoms with Crippen molar-refractivity contribution in [2.24, 2.45) is 0 Å². The van der Waals surface area contributed by atoms with Crippen LogP contribution in [-0.4, -0.2) is 81.7 Å². The number of hydrogen-bond acceptors (Lipinski definition) is 8. The molecule has 0 spiro atoms. The van der Waals surface area contributed by atoms with E-state index in [0.717, 1.165) is 17.7 Å². The van der Waals surface area contributed by atoms with Gasteiger partial charge in [0, 0.05) is 17.0 Å². The van der Waals surface area contributed by atoms with Crippen LogP contribution in [-0.2, 0) is 11.2 Å². The van der Waals surface area contributed by atoms with E-state index in [4.69, 9.17) is 26.2 Å². The monoisotopic (exact) mass is 482 g/mol. The van der Waals surface area contributed by atoms with Crippen molar-refractivity contribution >= 4 is 17.4 Å². The zero-order valence-electron chi connectivity index (χ0n) is 17.3. The highest BCUT2D eigenvalue weighted by atomic mass is 35.5. The second kappa shape index (κ2) is 12.4. The van der Waals surface area contributed by atoms with Crippen LogP contribution in [0.4, 0.5) is 0 Å². The lowest BCUT2D eigenvalue weighted by Crippen LogP contribution is -2.48. The molecule has 0 radical (unpaired) electrons. The Labute approximate surface area is 198 Å². The number of ketones is 1. The molecular formula is C24H31ClO8. The molecule has 0 aromatic heterocycles.